The van der Waals surface area contributed by atoms with E-state index in [9.17, 15) is 9.59 Å². The van der Waals surface area contributed by atoms with Gasteiger partial charge in [0.25, 0.3) is 0 Å². The van der Waals surface area contributed by atoms with Crippen molar-refractivity contribution in [3.63, 3.8) is 0 Å². The van der Waals surface area contributed by atoms with Crippen molar-refractivity contribution in [3.8, 4) is 0 Å². The smallest absolute Gasteiger partial charge is 0.337 e. The van der Waals surface area contributed by atoms with Crippen LogP contribution in [0.4, 0.5) is 4.79 Å². The van der Waals surface area contributed by atoms with E-state index < -0.39 is 0 Å². The van der Waals surface area contributed by atoms with Gasteiger partial charge in [0.2, 0.25) is 0 Å². The fourth-order valence-corrected chi connectivity index (χ4v) is 4.03. The molecule has 7 heteroatoms. The van der Waals surface area contributed by atoms with Gasteiger partial charge in [-0.2, -0.15) is 5.10 Å². The van der Waals surface area contributed by atoms with Crippen LogP contribution in [0.1, 0.15) is 49.4 Å². The van der Waals surface area contributed by atoms with Crippen LogP contribution in [0.5, 0.6) is 0 Å². The number of hydrogen-bond acceptors (Lipinski definition) is 3. The van der Waals surface area contributed by atoms with Crippen LogP contribution in [0.2, 0.25) is 0 Å². The molecule has 1 aromatic carbocycles. The fourth-order valence-electron chi connectivity index (χ4n) is 4.03. The topological polar surface area (TPSA) is 93.9 Å². The van der Waals surface area contributed by atoms with Crippen LogP contribution in [0, 0.1) is 5.41 Å². The molecule has 3 N–H and O–H groups in total. The van der Waals surface area contributed by atoms with E-state index in [1.54, 1.807) is 0 Å². The van der Waals surface area contributed by atoms with E-state index in [1.807, 2.05) is 11.0 Å². The van der Waals surface area contributed by atoms with Gasteiger partial charge in [-0.1, -0.05) is 37.3 Å². The average Bonchev–Trinajstić information content (AvgIpc) is 3.16. The van der Waals surface area contributed by atoms with Gasteiger partial charge in [0, 0.05) is 25.6 Å². The van der Waals surface area contributed by atoms with Crippen molar-refractivity contribution >= 4 is 6.03 Å². The lowest BCUT2D eigenvalue weighted by molar-refractivity contribution is 0.178. The number of nitrogens with zero attached hydrogens (tertiary/aromatic N) is 2. The van der Waals surface area contributed by atoms with Gasteiger partial charge in [-0.3, -0.25) is 4.98 Å². The third-order valence-corrected chi connectivity index (χ3v) is 5.89. The summed E-state index contributed by atoms with van der Waals surface area (Å²) in [6, 6.07) is 10.5. The van der Waals surface area contributed by atoms with E-state index >= 15 is 0 Å². The lowest BCUT2D eigenvalue weighted by Gasteiger charge is -2.31. The number of rotatable bonds is 4. The zero-order valence-electron chi connectivity index (χ0n) is 15.0. The molecule has 2 fully saturated rings. The van der Waals surface area contributed by atoms with Gasteiger partial charge in [-0.25, -0.2) is 14.7 Å². The molecule has 4 rings (SSSR count). The molecule has 2 amide bonds. The van der Waals surface area contributed by atoms with E-state index in [4.69, 9.17) is 0 Å². The number of hydrogen-bond donors (Lipinski definition) is 3. The second kappa shape index (κ2) is 6.63. The van der Waals surface area contributed by atoms with Gasteiger partial charge in [0.05, 0.1) is 0 Å². The first kappa shape index (κ1) is 16.9. The maximum Gasteiger partial charge on any atom is 0.340 e. The molecule has 2 aliphatic rings. The molecule has 1 aromatic heterocycles. The van der Waals surface area contributed by atoms with Crippen LogP contribution < -0.4 is 11.0 Å². The number of amides is 2. The van der Waals surface area contributed by atoms with E-state index in [2.05, 4.69) is 51.7 Å². The summed E-state index contributed by atoms with van der Waals surface area (Å²) in [6.07, 6.45) is 2.75. The summed E-state index contributed by atoms with van der Waals surface area (Å²) in [6.45, 7) is 4.32. The molecule has 1 aliphatic heterocycles. The Kier molecular flexibility index (Phi) is 4.30. The number of carbonyl (C=O) groups is 1. The number of aromatic nitrogens is 3. The highest BCUT2D eigenvalue weighted by Crippen LogP contribution is 2.58. The van der Waals surface area contributed by atoms with Gasteiger partial charge in [0.15, 0.2) is 0 Å². The average molecular weight is 355 g/mol. The lowest BCUT2D eigenvalue weighted by atomic mass is 9.96. The molecule has 0 radical (unpaired) electrons. The highest BCUT2D eigenvalue weighted by Gasteiger charge is 2.50. The first-order valence-corrected chi connectivity index (χ1v) is 9.27. The highest BCUT2D eigenvalue weighted by atomic mass is 16.2. The Morgan fingerprint density at radius 1 is 1.31 bits per heavy atom. The molecular weight excluding hydrogens is 330 g/mol. The Bertz CT molecular complexity index is 822. The van der Waals surface area contributed by atoms with Crippen molar-refractivity contribution in [2.75, 3.05) is 19.6 Å². The molecule has 2 aromatic rings. The molecule has 0 unspecified atom stereocenters. The van der Waals surface area contributed by atoms with Gasteiger partial charge in [-0.15, -0.1) is 0 Å². The fraction of sp³-hybridized carbons (Fsp3) is 0.526. The summed E-state index contributed by atoms with van der Waals surface area (Å²) in [5, 5.41) is 9.54. The monoisotopic (exact) mass is 355 g/mol. The molecule has 26 heavy (non-hydrogen) atoms. The maximum absolute atomic E-state index is 12.5. The summed E-state index contributed by atoms with van der Waals surface area (Å²) in [5.41, 5.74) is 1.24. The second-order valence-corrected chi connectivity index (χ2v) is 7.80. The largest absolute Gasteiger partial charge is 0.340 e. The SMILES string of the molecule is C[C@@]1(CNC(=O)N2CCC(c3n[nH]c(=O)[nH]3)CC2)C[C@H]1c1ccccc1. The molecule has 0 bridgehead atoms. The lowest BCUT2D eigenvalue weighted by Crippen LogP contribution is -2.45. The predicted octanol–water partition coefficient (Wildman–Crippen LogP) is 2.18. The first-order valence-electron chi connectivity index (χ1n) is 9.27. The van der Waals surface area contributed by atoms with E-state index in [-0.39, 0.29) is 23.1 Å². The summed E-state index contributed by atoms with van der Waals surface area (Å²) in [5.74, 6) is 1.44. The standard InChI is InChI=1S/C19H25N5O2/c1-19(11-15(19)13-5-3-2-4-6-13)12-20-18(26)24-9-7-14(8-10-24)16-21-17(25)23-22-16/h2-6,14-15H,7-12H2,1H3,(H,20,26)(H2,21,22,23,25)/t15-,19-/m0/s1. The van der Waals surface area contributed by atoms with Crippen LogP contribution in [0.25, 0.3) is 0 Å². The van der Waals surface area contributed by atoms with Crippen molar-refractivity contribution in [2.24, 2.45) is 5.41 Å². The number of piperidine rings is 1. The summed E-state index contributed by atoms with van der Waals surface area (Å²) >= 11 is 0. The number of H-pyrrole nitrogens is 2. The third-order valence-electron chi connectivity index (χ3n) is 5.89. The Labute approximate surface area is 152 Å². The second-order valence-electron chi connectivity index (χ2n) is 7.80. The molecule has 1 saturated carbocycles. The number of likely N-dealkylation sites (tertiary alicyclic amines) is 1. The van der Waals surface area contributed by atoms with Gasteiger partial charge < -0.3 is 10.2 Å². The minimum atomic E-state index is -0.272. The maximum atomic E-state index is 12.5. The number of benzene rings is 1. The van der Waals surface area contributed by atoms with E-state index in [0.29, 0.717) is 31.4 Å². The molecular formula is C19H25N5O2. The molecule has 1 saturated heterocycles. The van der Waals surface area contributed by atoms with Crippen molar-refractivity contribution in [3.05, 3.63) is 52.2 Å². The third kappa shape index (κ3) is 3.38. The molecule has 7 nitrogen and oxygen atoms in total. The van der Waals surface area contributed by atoms with E-state index in [0.717, 1.165) is 19.3 Å². The molecule has 1 aliphatic carbocycles. The number of carbonyl (C=O) groups excluding carboxylic acids is 1. The minimum Gasteiger partial charge on any atom is -0.337 e. The summed E-state index contributed by atoms with van der Waals surface area (Å²) in [4.78, 5) is 28.3. The highest BCUT2D eigenvalue weighted by molar-refractivity contribution is 5.74. The van der Waals surface area contributed by atoms with Gasteiger partial charge >= 0.3 is 11.7 Å². The zero-order chi connectivity index (χ0) is 18.1. The predicted molar refractivity (Wildman–Crippen MR) is 98.1 cm³/mol. The van der Waals surface area contributed by atoms with Crippen LogP contribution in [-0.2, 0) is 0 Å². The Morgan fingerprint density at radius 3 is 2.69 bits per heavy atom. The summed E-state index contributed by atoms with van der Waals surface area (Å²) in [7, 11) is 0. The van der Waals surface area contributed by atoms with Crippen LogP contribution in [0.15, 0.2) is 35.1 Å². The number of aromatic amines is 2. The Morgan fingerprint density at radius 2 is 2.04 bits per heavy atom. The Hall–Kier alpha value is -2.57. The van der Waals surface area contributed by atoms with Crippen molar-refractivity contribution in [1.29, 1.82) is 0 Å². The number of urea groups is 1. The Balaban J connectivity index is 1.25. The zero-order valence-corrected chi connectivity index (χ0v) is 15.0. The summed E-state index contributed by atoms with van der Waals surface area (Å²) < 4.78 is 0. The number of nitrogens with one attached hydrogen (secondary N) is 3. The van der Waals surface area contributed by atoms with Gasteiger partial charge in [0.1, 0.15) is 5.82 Å². The van der Waals surface area contributed by atoms with Crippen LogP contribution in [0.3, 0.4) is 0 Å². The molecule has 138 valence electrons. The quantitative estimate of drug-likeness (QED) is 0.785. The van der Waals surface area contributed by atoms with Crippen molar-refractivity contribution < 1.29 is 4.79 Å². The first-order chi connectivity index (χ1) is 12.5. The van der Waals surface area contributed by atoms with Crippen molar-refractivity contribution in [1.82, 2.24) is 25.4 Å². The van der Waals surface area contributed by atoms with Gasteiger partial charge in [-0.05, 0) is 36.2 Å². The molecule has 0 spiro atoms. The molecule has 2 atom stereocenters. The normalized spacial score (nSPS) is 25.9. The van der Waals surface area contributed by atoms with Crippen molar-refractivity contribution in [2.45, 2.75) is 38.0 Å². The molecule has 2 heterocycles. The minimum absolute atomic E-state index is 0.0129. The van der Waals surface area contributed by atoms with Crippen LogP contribution >= 0.6 is 0 Å². The van der Waals surface area contributed by atoms with Crippen LogP contribution in [-0.4, -0.2) is 45.7 Å². The van der Waals surface area contributed by atoms with E-state index in [1.165, 1.54) is 5.56 Å².